The summed E-state index contributed by atoms with van der Waals surface area (Å²) in [5.74, 6) is 1.03. The molecule has 0 saturated heterocycles. The molecular formula is C19H17NO5S. The standard InChI is InChI=1S/C19H17NO5S/c1-23-14-10-12(11-15(24-2)18(14)25-3)8-9-17(21)20-19(22)13-6-4-5-7-16(13)26-20/h4-11H,1-3H3/b9-8+. The van der Waals surface area contributed by atoms with E-state index < -0.39 is 5.91 Å². The summed E-state index contributed by atoms with van der Waals surface area (Å²) in [6.07, 6.45) is 2.95. The van der Waals surface area contributed by atoms with Gasteiger partial charge in [-0.3, -0.25) is 9.59 Å². The number of methoxy groups -OCH3 is 3. The molecule has 3 aromatic rings. The molecule has 1 heterocycles. The Kier molecular flexibility index (Phi) is 5.09. The van der Waals surface area contributed by atoms with Crippen LogP contribution in [0.3, 0.4) is 0 Å². The van der Waals surface area contributed by atoms with Crippen LogP contribution in [0.2, 0.25) is 0 Å². The molecule has 0 aliphatic carbocycles. The van der Waals surface area contributed by atoms with Gasteiger partial charge in [0.1, 0.15) is 0 Å². The molecule has 0 radical (unpaired) electrons. The molecule has 0 unspecified atom stereocenters. The molecule has 7 heteroatoms. The van der Waals surface area contributed by atoms with Crippen molar-refractivity contribution in [3.63, 3.8) is 0 Å². The maximum atomic E-state index is 12.4. The molecule has 0 N–H and O–H groups in total. The van der Waals surface area contributed by atoms with Crippen LogP contribution in [0, 0.1) is 0 Å². The van der Waals surface area contributed by atoms with Gasteiger partial charge in [0.15, 0.2) is 11.5 Å². The van der Waals surface area contributed by atoms with Crippen LogP contribution in [0.4, 0.5) is 0 Å². The highest BCUT2D eigenvalue weighted by Crippen LogP contribution is 2.38. The van der Waals surface area contributed by atoms with Crippen LogP contribution in [0.5, 0.6) is 17.2 Å². The molecule has 26 heavy (non-hydrogen) atoms. The third kappa shape index (κ3) is 3.21. The van der Waals surface area contributed by atoms with Gasteiger partial charge < -0.3 is 14.2 Å². The number of rotatable bonds is 5. The van der Waals surface area contributed by atoms with Gasteiger partial charge >= 0.3 is 0 Å². The molecule has 2 aromatic carbocycles. The number of hydrogen-bond acceptors (Lipinski definition) is 6. The maximum absolute atomic E-state index is 12.4. The Morgan fingerprint density at radius 2 is 1.69 bits per heavy atom. The van der Waals surface area contributed by atoms with E-state index in [1.807, 2.05) is 12.1 Å². The first-order valence-electron chi connectivity index (χ1n) is 7.72. The Morgan fingerprint density at radius 1 is 1.04 bits per heavy atom. The molecular weight excluding hydrogens is 354 g/mol. The van der Waals surface area contributed by atoms with Crippen LogP contribution in [0.25, 0.3) is 16.2 Å². The minimum atomic E-state index is -0.412. The van der Waals surface area contributed by atoms with E-state index in [2.05, 4.69) is 0 Å². The highest BCUT2D eigenvalue weighted by molar-refractivity contribution is 7.14. The van der Waals surface area contributed by atoms with E-state index in [9.17, 15) is 9.59 Å². The molecule has 0 saturated carbocycles. The van der Waals surface area contributed by atoms with Crippen LogP contribution in [-0.2, 0) is 0 Å². The van der Waals surface area contributed by atoms with E-state index in [-0.39, 0.29) is 5.56 Å². The number of fused-ring (bicyclic) bond motifs is 1. The smallest absolute Gasteiger partial charge is 0.275 e. The predicted octanol–water partition coefficient (Wildman–Crippen LogP) is 3.44. The highest BCUT2D eigenvalue weighted by atomic mass is 32.1. The Morgan fingerprint density at radius 3 is 2.27 bits per heavy atom. The van der Waals surface area contributed by atoms with Crippen LogP contribution in [-0.4, -0.2) is 31.2 Å². The summed E-state index contributed by atoms with van der Waals surface area (Å²) in [7, 11) is 4.56. The largest absolute Gasteiger partial charge is 0.493 e. The third-order valence-electron chi connectivity index (χ3n) is 3.80. The average Bonchev–Trinajstić information content (AvgIpc) is 3.02. The van der Waals surface area contributed by atoms with Gasteiger partial charge in [-0.15, -0.1) is 0 Å². The minimum absolute atomic E-state index is 0.315. The molecule has 0 aliphatic heterocycles. The van der Waals surface area contributed by atoms with Gasteiger partial charge in [-0.05, 0) is 47.4 Å². The number of allylic oxidation sites excluding steroid dienone is 1. The van der Waals surface area contributed by atoms with E-state index in [1.165, 1.54) is 27.4 Å². The van der Waals surface area contributed by atoms with E-state index >= 15 is 0 Å². The zero-order valence-electron chi connectivity index (χ0n) is 14.5. The lowest BCUT2D eigenvalue weighted by molar-refractivity contribution is 0.0978. The van der Waals surface area contributed by atoms with Crippen LogP contribution >= 0.6 is 11.5 Å². The van der Waals surface area contributed by atoms with E-state index in [1.54, 1.807) is 30.3 Å². The zero-order valence-corrected chi connectivity index (χ0v) is 15.3. The Bertz CT molecular complexity index is 1020. The molecule has 6 nitrogen and oxygen atoms in total. The molecule has 0 aliphatic rings. The summed E-state index contributed by atoms with van der Waals surface area (Å²) in [4.78, 5) is 24.8. The first-order valence-corrected chi connectivity index (χ1v) is 8.50. The summed E-state index contributed by atoms with van der Waals surface area (Å²) in [6.45, 7) is 0. The Balaban J connectivity index is 1.95. The average molecular weight is 371 g/mol. The van der Waals surface area contributed by atoms with Gasteiger partial charge in [0.05, 0.1) is 31.4 Å². The van der Waals surface area contributed by atoms with Gasteiger partial charge in [-0.2, -0.15) is 3.96 Å². The molecule has 0 bridgehead atoms. The predicted molar refractivity (Wildman–Crippen MR) is 102 cm³/mol. The lowest BCUT2D eigenvalue weighted by atomic mass is 10.1. The van der Waals surface area contributed by atoms with Crippen LogP contribution in [0.1, 0.15) is 10.4 Å². The molecule has 0 amide bonds. The van der Waals surface area contributed by atoms with Crippen molar-refractivity contribution in [3.05, 3.63) is 58.4 Å². The molecule has 0 spiro atoms. The van der Waals surface area contributed by atoms with Gasteiger partial charge in [0.25, 0.3) is 11.5 Å². The molecule has 134 valence electrons. The molecule has 0 atom stereocenters. The molecule has 0 fully saturated rings. The SMILES string of the molecule is COc1cc(/C=C/C(=O)n2sc3ccccc3c2=O)cc(OC)c1OC. The van der Waals surface area contributed by atoms with Crippen LogP contribution in [0.15, 0.2) is 47.3 Å². The number of aromatic nitrogens is 1. The fraction of sp³-hybridized carbons (Fsp3) is 0.158. The third-order valence-corrected chi connectivity index (χ3v) is 4.88. The van der Waals surface area contributed by atoms with Gasteiger partial charge in [0, 0.05) is 6.08 Å². The minimum Gasteiger partial charge on any atom is -0.493 e. The normalized spacial score (nSPS) is 11.0. The number of carbonyl (C=O) groups excluding carboxylic acids is 1. The van der Waals surface area contributed by atoms with Crippen molar-refractivity contribution in [2.24, 2.45) is 0 Å². The summed E-state index contributed by atoms with van der Waals surface area (Å²) < 4.78 is 17.8. The number of ether oxygens (including phenoxy) is 3. The fourth-order valence-electron chi connectivity index (χ4n) is 2.55. The topological polar surface area (TPSA) is 66.8 Å². The number of carbonyl (C=O) groups is 1. The number of hydrogen-bond donors (Lipinski definition) is 0. The lowest BCUT2D eigenvalue weighted by Gasteiger charge is -2.12. The number of nitrogens with zero attached hydrogens (tertiary/aromatic N) is 1. The molecule has 3 rings (SSSR count). The van der Waals surface area contributed by atoms with Crippen molar-refractivity contribution >= 4 is 33.6 Å². The fourth-order valence-corrected chi connectivity index (χ4v) is 3.47. The van der Waals surface area contributed by atoms with Crippen molar-refractivity contribution in [1.82, 2.24) is 3.96 Å². The summed E-state index contributed by atoms with van der Waals surface area (Å²) in [5.41, 5.74) is 0.368. The van der Waals surface area contributed by atoms with Crippen molar-refractivity contribution in [1.29, 1.82) is 0 Å². The quantitative estimate of drug-likeness (QED) is 0.643. The van der Waals surface area contributed by atoms with Crippen molar-refractivity contribution in [2.45, 2.75) is 0 Å². The van der Waals surface area contributed by atoms with E-state index in [0.29, 0.717) is 28.2 Å². The van der Waals surface area contributed by atoms with Crippen molar-refractivity contribution < 1.29 is 19.0 Å². The summed E-state index contributed by atoms with van der Waals surface area (Å²) in [5, 5.41) is 0.534. The van der Waals surface area contributed by atoms with Gasteiger partial charge in [-0.1, -0.05) is 12.1 Å². The monoisotopic (exact) mass is 371 g/mol. The summed E-state index contributed by atoms with van der Waals surface area (Å²) >= 11 is 1.12. The van der Waals surface area contributed by atoms with Gasteiger partial charge in [-0.25, -0.2) is 0 Å². The second kappa shape index (κ2) is 7.45. The van der Waals surface area contributed by atoms with E-state index in [0.717, 1.165) is 20.2 Å². The Labute approximate surface area is 154 Å². The maximum Gasteiger partial charge on any atom is 0.275 e. The first-order chi connectivity index (χ1) is 12.6. The summed E-state index contributed by atoms with van der Waals surface area (Å²) in [6, 6.07) is 10.6. The molecule has 1 aromatic heterocycles. The second-order valence-corrected chi connectivity index (χ2v) is 6.30. The van der Waals surface area contributed by atoms with Gasteiger partial charge in [0.2, 0.25) is 5.75 Å². The van der Waals surface area contributed by atoms with Crippen molar-refractivity contribution in [3.8, 4) is 17.2 Å². The number of benzene rings is 2. The highest BCUT2D eigenvalue weighted by Gasteiger charge is 2.13. The van der Waals surface area contributed by atoms with Crippen LogP contribution < -0.4 is 19.8 Å². The van der Waals surface area contributed by atoms with E-state index in [4.69, 9.17) is 14.2 Å². The lowest BCUT2D eigenvalue weighted by Crippen LogP contribution is -2.18. The second-order valence-electron chi connectivity index (χ2n) is 5.32. The van der Waals surface area contributed by atoms with Crippen molar-refractivity contribution in [2.75, 3.05) is 21.3 Å². The Hall–Kier alpha value is -3.06. The first kappa shape index (κ1) is 17.8. The zero-order chi connectivity index (χ0) is 18.7.